The predicted molar refractivity (Wildman–Crippen MR) is 111 cm³/mol. The Balaban J connectivity index is 1.63. The Morgan fingerprint density at radius 3 is 2.39 bits per heavy atom. The van der Waals surface area contributed by atoms with E-state index in [-0.39, 0.29) is 11.8 Å². The molecule has 1 aliphatic heterocycles. The molecule has 0 unspecified atom stereocenters. The number of piperazine rings is 1. The normalized spacial score (nSPS) is 14.6. The van der Waals surface area contributed by atoms with Crippen molar-refractivity contribution in [3.63, 3.8) is 0 Å². The molecule has 0 radical (unpaired) electrons. The number of pyridine rings is 1. The van der Waals surface area contributed by atoms with Crippen LogP contribution >= 0.6 is 0 Å². The molecule has 0 saturated carbocycles. The van der Waals surface area contributed by atoms with E-state index in [1.165, 1.54) is 0 Å². The van der Waals surface area contributed by atoms with E-state index in [1.54, 1.807) is 36.5 Å². The van der Waals surface area contributed by atoms with Crippen LogP contribution in [0.5, 0.6) is 0 Å². The highest BCUT2D eigenvalue weighted by atomic mass is 16.2. The zero-order chi connectivity index (χ0) is 19.9. The number of carbonyl (C=O) groups is 2. The molecular weight excluding hydrogens is 354 g/mol. The summed E-state index contributed by atoms with van der Waals surface area (Å²) in [4.78, 5) is 33.5. The van der Waals surface area contributed by atoms with E-state index >= 15 is 0 Å². The lowest BCUT2D eigenvalue weighted by molar-refractivity contribution is 0.0953. The van der Waals surface area contributed by atoms with Crippen molar-refractivity contribution in [1.82, 2.24) is 15.2 Å². The second-order valence-corrected chi connectivity index (χ2v) is 6.98. The van der Waals surface area contributed by atoms with Crippen LogP contribution < -0.4 is 15.5 Å². The molecule has 1 aromatic heterocycles. The number of hydrogen-bond acceptors (Lipinski definition) is 5. The number of hydrogen-bond donors (Lipinski definition) is 2. The van der Waals surface area contributed by atoms with Gasteiger partial charge in [-0.05, 0) is 49.9 Å². The third kappa shape index (κ3) is 5.07. The van der Waals surface area contributed by atoms with Crippen molar-refractivity contribution in [3.05, 3.63) is 53.7 Å². The molecule has 7 heteroatoms. The summed E-state index contributed by atoms with van der Waals surface area (Å²) in [7, 11) is 2.10. The lowest BCUT2D eigenvalue weighted by Crippen LogP contribution is -2.44. The van der Waals surface area contributed by atoms with Gasteiger partial charge >= 0.3 is 0 Å². The Kier molecular flexibility index (Phi) is 6.60. The maximum absolute atomic E-state index is 12.6. The third-order valence-electron chi connectivity index (χ3n) is 4.78. The number of nitrogens with zero attached hydrogens (tertiary/aromatic N) is 3. The summed E-state index contributed by atoms with van der Waals surface area (Å²) in [5, 5.41) is 5.71. The van der Waals surface area contributed by atoms with Crippen molar-refractivity contribution in [1.29, 1.82) is 0 Å². The molecule has 0 aliphatic carbocycles. The van der Waals surface area contributed by atoms with Crippen molar-refractivity contribution in [3.8, 4) is 0 Å². The van der Waals surface area contributed by atoms with Gasteiger partial charge in [0.05, 0.1) is 0 Å². The van der Waals surface area contributed by atoms with Gasteiger partial charge in [-0.3, -0.25) is 9.59 Å². The predicted octanol–water partition coefficient (Wildman–Crippen LogP) is 2.23. The van der Waals surface area contributed by atoms with E-state index < -0.39 is 0 Å². The minimum Gasteiger partial charge on any atom is -0.354 e. The molecule has 1 saturated heterocycles. The third-order valence-corrected chi connectivity index (χ3v) is 4.78. The molecule has 0 spiro atoms. The fourth-order valence-electron chi connectivity index (χ4n) is 3.02. The molecule has 2 N–H and O–H groups in total. The minimum absolute atomic E-state index is 0.106. The van der Waals surface area contributed by atoms with Gasteiger partial charge in [0.2, 0.25) is 0 Å². The number of amides is 2. The van der Waals surface area contributed by atoms with E-state index in [0.717, 1.165) is 38.4 Å². The number of benzene rings is 1. The SMILES string of the molecule is CCCNC(=O)c1ccc(NC(=O)c2ccnc(N3CCN(C)CC3)c2)cc1. The largest absolute Gasteiger partial charge is 0.354 e. The molecule has 3 rings (SSSR count). The van der Waals surface area contributed by atoms with Crippen molar-refractivity contribution < 1.29 is 9.59 Å². The van der Waals surface area contributed by atoms with Crippen molar-refractivity contribution in [2.75, 3.05) is 50.0 Å². The summed E-state index contributed by atoms with van der Waals surface area (Å²) in [6, 6.07) is 10.4. The Bertz CT molecular complexity index is 814. The molecule has 28 heavy (non-hydrogen) atoms. The first kappa shape index (κ1) is 19.8. The Labute approximate surface area is 165 Å². The van der Waals surface area contributed by atoms with Crippen LogP contribution in [0.2, 0.25) is 0 Å². The van der Waals surface area contributed by atoms with Gasteiger partial charge in [-0.25, -0.2) is 4.98 Å². The van der Waals surface area contributed by atoms with Crippen molar-refractivity contribution >= 4 is 23.3 Å². The summed E-state index contributed by atoms with van der Waals surface area (Å²) in [6.45, 7) is 6.42. The number of aromatic nitrogens is 1. The molecule has 7 nitrogen and oxygen atoms in total. The maximum Gasteiger partial charge on any atom is 0.255 e. The average molecular weight is 381 g/mol. The van der Waals surface area contributed by atoms with Gasteiger partial charge in [-0.2, -0.15) is 0 Å². The highest BCUT2D eigenvalue weighted by molar-refractivity contribution is 6.05. The van der Waals surface area contributed by atoms with Gasteiger partial charge in [-0.15, -0.1) is 0 Å². The molecular formula is C21H27N5O2. The second kappa shape index (κ2) is 9.32. The first-order valence-corrected chi connectivity index (χ1v) is 9.66. The first-order chi connectivity index (χ1) is 13.6. The van der Waals surface area contributed by atoms with Crippen LogP contribution in [0.4, 0.5) is 11.5 Å². The zero-order valence-electron chi connectivity index (χ0n) is 16.4. The molecule has 2 amide bonds. The standard InChI is InChI=1S/C21H27N5O2/c1-3-9-23-20(27)16-4-6-18(7-5-16)24-21(28)17-8-10-22-19(15-17)26-13-11-25(2)12-14-26/h4-8,10,15H,3,9,11-14H2,1-2H3,(H,23,27)(H,24,28). The van der Waals surface area contributed by atoms with Gasteiger partial charge in [0.15, 0.2) is 0 Å². The summed E-state index contributed by atoms with van der Waals surface area (Å²) >= 11 is 0. The van der Waals surface area contributed by atoms with Gasteiger partial charge in [0, 0.05) is 55.7 Å². The van der Waals surface area contributed by atoms with Crippen LogP contribution in [0.3, 0.4) is 0 Å². The summed E-state index contributed by atoms with van der Waals surface area (Å²) < 4.78 is 0. The molecule has 0 atom stereocenters. The molecule has 148 valence electrons. The van der Waals surface area contributed by atoms with E-state index in [9.17, 15) is 9.59 Å². The topological polar surface area (TPSA) is 77.6 Å². The van der Waals surface area contributed by atoms with Crippen LogP contribution in [0.25, 0.3) is 0 Å². The molecule has 1 fully saturated rings. The van der Waals surface area contributed by atoms with E-state index in [2.05, 4.69) is 32.5 Å². The monoisotopic (exact) mass is 381 g/mol. The zero-order valence-corrected chi connectivity index (χ0v) is 16.4. The average Bonchev–Trinajstić information content (AvgIpc) is 2.73. The number of rotatable bonds is 6. The van der Waals surface area contributed by atoms with Gasteiger partial charge in [0.1, 0.15) is 5.82 Å². The lowest BCUT2D eigenvalue weighted by atomic mass is 10.1. The fourth-order valence-corrected chi connectivity index (χ4v) is 3.02. The smallest absolute Gasteiger partial charge is 0.255 e. The van der Waals surface area contributed by atoms with Crippen LogP contribution in [-0.4, -0.2) is 61.5 Å². The Hall–Kier alpha value is -2.93. The van der Waals surface area contributed by atoms with Crippen molar-refractivity contribution in [2.24, 2.45) is 0 Å². The number of likely N-dealkylation sites (N-methyl/N-ethyl adjacent to an activating group) is 1. The molecule has 1 aliphatic rings. The molecule has 0 bridgehead atoms. The van der Waals surface area contributed by atoms with Gasteiger partial charge in [-0.1, -0.05) is 6.92 Å². The minimum atomic E-state index is -0.194. The first-order valence-electron chi connectivity index (χ1n) is 9.66. The van der Waals surface area contributed by atoms with Crippen LogP contribution in [0, 0.1) is 0 Å². The number of carbonyl (C=O) groups excluding carboxylic acids is 2. The number of nitrogens with one attached hydrogen (secondary N) is 2. The summed E-state index contributed by atoms with van der Waals surface area (Å²) in [6.07, 6.45) is 2.56. The van der Waals surface area contributed by atoms with Gasteiger partial charge < -0.3 is 20.4 Å². The molecule has 2 aromatic rings. The quantitative estimate of drug-likeness (QED) is 0.802. The second-order valence-electron chi connectivity index (χ2n) is 6.98. The van der Waals surface area contributed by atoms with Crippen LogP contribution in [0.15, 0.2) is 42.6 Å². The summed E-state index contributed by atoms with van der Waals surface area (Å²) in [5.41, 5.74) is 1.79. The molecule has 1 aromatic carbocycles. The van der Waals surface area contributed by atoms with Crippen molar-refractivity contribution in [2.45, 2.75) is 13.3 Å². The fraction of sp³-hybridized carbons (Fsp3) is 0.381. The molecule has 2 heterocycles. The van der Waals surface area contributed by atoms with Crippen LogP contribution in [0.1, 0.15) is 34.1 Å². The Morgan fingerprint density at radius 1 is 1.00 bits per heavy atom. The van der Waals surface area contributed by atoms with E-state index in [1.807, 2.05) is 13.0 Å². The van der Waals surface area contributed by atoms with E-state index in [4.69, 9.17) is 0 Å². The number of anilines is 2. The summed E-state index contributed by atoms with van der Waals surface area (Å²) in [5.74, 6) is 0.523. The van der Waals surface area contributed by atoms with Crippen LogP contribution in [-0.2, 0) is 0 Å². The highest BCUT2D eigenvalue weighted by Gasteiger charge is 2.17. The Morgan fingerprint density at radius 2 is 1.71 bits per heavy atom. The van der Waals surface area contributed by atoms with E-state index in [0.29, 0.717) is 23.4 Å². The maximum atomic E-state index is 12.6. The van der Waals surface area contributed by atoms with Gasteiger partial charge in [0.25, 0.3) is 11.8 Å². The lowest BCUT2D eigenvalue weighted by Gasteiger charge is -2.33. The highest BCUT2D eigenvalue weighted by Crippen LogP contribution is 2.17.